The molecule has 0 bridgehead atoms. The average molecular weight is 271 g/mol. The minimum atomic E-state index is 0.415. The summed E-state index contributed by atoms with van der Waals surface area (Å²) in [5.41, 5.74) is 0.415. The van der Waals surface area contributed by atoms with Gasteiger partial charge >= 0.3 is 0 Å². The van der Waals surface area contributed by atoms with E-state index in [4.69, 9.17) is 14.2 Å². The van der Waals surface area contributed by atoms with E-state index in [9.17, 15) is 0 Å². The number of hydrogen-bond donors (Lipinski definition) is 1. The van der Waals surface area contributed by atoms with Gasteiger partial charge in [0.15, 0.2) is 0 Å². The van der Waals surface area contributed by atoms with Gasteiger partial charge in [0.1, 0.15) is 0 Å². The van der Waals surface area contributed by atoms with Crippen molar-refractivity contribution in [3.05, 3.63) is 0 Å². The van der Waals surface area contributed by atoms with Gasteiger partial charge in [-0.25, -0.2) is 0 Å². The van der Waals surface area contributed by atoms with Crippen LogP contribution in [0.25, 0.3) is 0 Å². The van der Waals surface area contributed by atoms with Crippen molar-refractivity contribution in [3.63, 3.8) is 0 Å². The SMILES string of the molecule is COCCNCC1(CCC2CCCO2)CCOCC1. The first-order chi connectivity index (χ1) is 9.35. The molecule has 112 valence electrons. The van der Waals surface area contributed by atoms with Crippen LogP contribution in [0.5, 0.6) is 0 Å². The average Bonchev–Trinajstić information content (AvgIpc) is 2.96. The van der Waals surface area contributed by atoms with Gasteiger partial charge in [-0.2, -0.15) is 0 Å². The van der Waals surface area contributed by atoms with Crippen LogP contribution in [-0.4, -0.2) is 52.7 Å². The molecule has 0 aromatic heterocycles. The van der Waals surface area contributed by atoms with E-state index >= 15 is 0 Å². The molecule has 2 aliphatic heterocycles. The molecule has 2 aliphatic rings. The van der Waals surface area contributed by atoms with Crippen LogP contribution >= 0.6 is 0 Å². The van der Waals surface area contributed by atoms with Crippen molar-refractivity contribution in [1.29, 1.82) is 0 Å². The molecule has 0 saturated carbocycles. The highest BCUT2D eigenvalue weighted by Gasteiger charge is 2.33. The predicted octanol–water partition coefficient (Wildman–Crippen LogP) is 1.98. The van der Waals surface area contributed by atoms with Gasteiger partial charge in [0.2, 0.25) is 0 Å². The first-order valence-electron chi connectivity index (χ1n) is 7.74. The quantitative estimate of drug-likeness (QED) is 0.685. The maximum atomic E-state index is 5.76. The normalized spacial score (nSPS) is 26.7. The molecule has 0 aromatic rings. The number of nitrogens with one attached hydrogen (secondary N) is 1. The van der Waals surface area contributed by atoms with Crippen molar-refractivity contribution >= 4 is 0 Å². The van der Waals surface area contributed by atoms with E-state index in [0.29, 0.717) is 11.5 Å². The Morgan fingerprint density at radius 3 is 2.79 bits per heavy atom. The number of rotatable bonds is 8. The van der Waals surface area contributed by atoms with Gasteiger partial charge in [0.25, 0.3) is 0 Å². The zero-order valence-electron chi connectivity index (χ0n) is 12.3. The molecule has 4 nitrogen and oxygen atoms in total. The molecular formula is C15H29NO3. The minimum Gasteiger partial charge on any atom is -0.383 e. The van der Waals surface area contributed by atoms with Crippen LogP contribution in [0.4, 0.5) is 0 Å². The molecule has 0 amide bonds. The zero-order chi connectivity index (χ0) is 13.4. The lowest BCUT2D eigenvalue weighted by atomic mass is 9.75. The molecule has 0 radical (unpaired) electrons. The molecule has 4 heteroatoms. The van der Waals surface area contributed by atoms with Crippen molar-refractivity contribution in [1.82, 2.24) is 5.32 Å². The Balaban J connectivity index is 1.75. The van der Waals surface area contributed by atoms with Gasteiger partial charge in [-0.1, -0.05) is 0 Å². The molecular weight excluding hydrogens is 242 g/mol. The van der Waals surface area contributed by atoms with Crippen molar-refractivity contribution < 1.29 is 14.2 Å². The van der Waals surface area contributed by atoms with Gasteiger partial charge in [-0.3, -0.25) is 0 Å². The third-order valence-corrected chi connectivity index (χ3v) is 4.56. The van der Waals surface area contributed by atoms with Crippen LogP contribution in [0.2, 0.25) is 0 Å². The second-order valence-corrected chi connectivity index (χ2v) is 5.96. The molecule has 19 heavy (non-hydrogen) atoms. The van der Waals surface area contributed by atoms with Gasteiger partial charge in [-0.05, 0) is 43.9 Å². The Bertz CT molecular complexity index is 236. The third-order valence-electron chi connectivity index (χ3n) is 4.56. The molecule has 1 atom stereocenters. The third kappa shape index (κ3) is 5.03. The lowest BCUT2D eigenvalue weighted by Crippen LogP contribution is -2.40. The highest BCUT2D eigenvalue weighted by molar-refractivity contribution is 4.85. The lowest BCUT2D eigenvalue weighted by molar-refractivity contribution is -0.000185. The fourth-order valence-electron chi connectivity index (χ4n) is 3.19. The van der Waals surface area contributed by atoms with E-state index in [1.54, 1.807) is 7.11 Å². The van der Waals surface area contributed by atoms with Crippen molar-refractivity contribution in [3.8, 4) is 0 Å². The van der Waals surface area contributed by atoms with Gasteiger partial charge < -0.3 is 19.5 Å². The molecule has 2 fully saturated rings. The summed E-state index contributed by atoms with van der Waals surface area (Å²) < 4.78 is 16.4. The maximum Gasteiger partial charge on any atom is 0.0587 e. The summed E-state index contributed by atoms with van der Waals surface area (Å²) >= 11 is 0. The van der Waals surface area contributed by atoms with E-state index in [1.165, 1.54) is 38.5 Å². The van der Waals surface area contributed by atoms with Gasteiger partial charge in [0, 0.05) is 40.0 Å². The molecule has 1 unspecified atom stereocenters. The molecule has 2 rings (SSSR count). The van der Waals surface area contributed by atoms with Crippen LogP contribution in [-0.2, 0) is 14.2 Å². The second kappa shape index (κ2) is 8.20. The van der Waals surface area contributed by atoms with Crippen molar-refractivity contribution in [2.24, 2.45) is 5.41 Å². The summed E-state index contributed by atoms with van der Waals surface area (Å²) in [5.74, 6) is 0. The van der Waals surface area contributed by atoms with E-state index in [2.05, 4.69) is 5.32 Å². The van der Waals surface area contributed by atoms with Crippen LogP contribution in [0.15, 0.2) is 0 Å². The van der Waals surface area contributed by atoms with Crippen LogP contribution < -0.4 is 5.32 Å². The summed E-state index contributed by atoms with van der Waals surface area (Å²) in [6.07, 6.45) is 7.85. The summed E-state index contributed by atoms with van der Waals surface area (Å²) in [6.45, 7) is 5.62. The Morgan fingerprint density at radius 1 is 1.26 bits per heavy atom. The summed E-state index contributed by atoms with van der Waals surface area (Å²) in [4.78, 5) is 0. The fraction of sp³-hybridized carbons (Fsp3) is 1.00. The molecule has 2 saturated heterocycles. The van der Waals surface area contributed by atoms with Crippen molar-refractivity contribution in [2.75, 3.05) is 46.6 Å². The smallest absolute Gasteiger partial charge is 0.0587 e. The van der Waals surface area contributed by atoms with E-state index in [1.807, 2.05) is 0 Å². The van der Waals surface area contributed by atoms with Gasteiger partial charge in [-0.15, -0.1) is 0 Å². The van der Waals surface area contributed by atoms with E-state index < -0.39 is 0 Å². The fourth-order valence-corrected chi connectivity index (χ4v) is 3.19. The van der Waals surface area contributed by atoms with Crippen LogP contribution in [0, 0.1) is 5.41 Å². The Hall–Kier alpha value is -0.160. The van der Waals surface area contributed by atoms with E-state index in [0.717, 1.165) is 39.5 Å². The Morgan fingerprint density at radius 2 is 2.11 bits per heavy atom. The Labute approximate surface area is 117 Å². The second-order valence-electron chi connectivity index (χ2n) is 5.96. The summed E-state index contributed by atoms with van der Waals surface area (Å²) in [6, 6.07) is 0. The number of hydrogen-bond acceptors (Lipinski definition) is 4. The van der Waals surface area contributed by atoms with Crippen molar-refractivity contribution in [2.45, 2.75) is 44.6 Å². The molecule has 0 spiro atoms. The highest BCUT2D eigenvalue weighted by Crippen LogP contribution is 2.36. The summed E-state index contributed by atoms with van der Waals surface area (Å²) in [7, 11) is 1.75. The zero-order valence-corrected chi connectivity index (χ0v) is 12.3. The predicted molar refractivity (Wildman–Crippen MR) is 75.4 cm³/mol. The molecule has 0 aromatic carbocycles. The largest absolute Gasteiger partial charge is 0.383 e. The van der Waals surface area contributed by atoms with Crippen LogP contribution in [0.1, 0.15) is 38.5 Å². The topological polar surface area (TPSA) is 39.7 Å². The molecule has 1 N–H and O–H groups in total. The monoisotopic (exact) mass is 271 g/mol. The highest BCUT2D eigenvalue weighted by atomic mass is 16.5. The maximum absolute atomic E-state index is 5.76. The van der Waals surface area contributed by atoms with Crippen LogP contribution in [0.3, 0.4) is 0 Å². The molecule has 0 aliphatic carbocycles. The number of ether oxygens (including phenoxy) is 3. The Kier molecular flexibility index (Phi) is 6.57. The molecule has 2 heterocycles. The standard InChI is InChI=1S/C15H29NO3/c1-17-12-8-16-13-15(6-10-18-11-7-15)5-4-14-3-2-9-19-14/h14,16H,2-13H2,1H3. The minimum absolute atomic E-state index is 0.415. The number of methoxy groups -OCH3 is 1. The lowest BCUT2D eigenvalue weighted by Gasteiger charge is -2.38. The summed E-state index contributed by atoms with van der Waals surface area (Å²) in [5, 5.41) is 3.55. The van der Waals surface area contributed by atoms with E-state index in [-0.39, 0.29) is 0 Å². The first-order valence-corrected chi connectivity index (χ1v) is 7.74. The van der Waals surface area contributed by atoms with Gasteiger partial charge in [0.05, 0.1) is 12.7 Å². The first kappa shape index (κ1) is 15.2.